The molecular formula is C5H13NO5. The third-order valence-electron chi connectivity index (χ3n) is 0.414. The largest absolute Gasteiger partial charge is 0.481 e. The van der Waals surface area contributed by atoms with Crippen LogP contribution < -0.4 is 5.32 Å². The summed E-state index contributed by atoms with van der Waals surface area (Å²) >= 11 is 0. The Hall–Kier alpha value is -0.690. The lowest BCUT2D eigenvalue weighted by Crippen LogP contribution is -2.44. The second-order valence-electron chi connectivity index (χ2n) is 1.68. The first-order valence-electron chi connectivity index (χ1n) is 2.91. The summed E-state index contributed by atoms with van der Waals surface area (Å²) in [6, 6.07) is 0. The summed E-state index contributed by atoms with van der Waals surface area (Å²) in [5.41, 5.74) is 0. The molecule has 6 nitrogen and oxygen atoms in total. The molecule has 0 radical (unpaired) electrons. The van der Waals surface area contributed by atoms with E-state index in [4.69, 9.17) is 25.2 Å². The summed E-state index contributed by atoms with van der Waals surface area (Å²) in [7, 11) is 0. The van der Waals surface area contributed by atoms with E-state index in [0.29, 0.717) is 6.54 Å². The summed E-state index contributed by atoms with van der Waals surface area (Å²) in [5.74, 6) is -0.833. The normalized spacial score (nSPS) is 9.91. The number of aliphatic carboxylic acids is 1. The van der Waals surface area contributed by atoms with Crippen LogP contribution in [0.25, 0.3) is 0 Å². The summed E-state index contributed by atoms with van der Waals surface area (Å²) in [5, 5.41) is 33.4. The molecule has 0 aliphatic heterocycles. The monoisotopic (exact) mass is 167 g/mol. The van der Waals surface area contributed by atoms with Crippen LogP contribution in [0.15, 0.2) is 0 Å². The van der Waals surface area contributed by atoms with Gasteiger partial charge in [0.15, 0.2) is 0 Å². The van der Waals surface area contributed by atoms with E-state index in [1.54, 1.807) is 6.92 Å². The van der Waals surface area contributed by atoms with Gasteiger partial charge in [-0.25, -0.2) is 5.32 Å². The number of carboxylic acid groups (broad SMARTS) is 1. The summed E-state index contributed by atoms with van der Waals surface area (Å²) in [4.78, 5) is 9.00. The zero-order chi connectivity index (χ0) is 9.49. The molecule has 0 aliphatic carbocycles. The molecule has 11 heavy (non-hydrogen) atoms. The number of hydrogen-bond donors (Lipinski definition) is 5. The van der Waals surface area contributed by atoms with Gasteiger partial charge in [-0.15, -0.1) is 0 Å². The van der Waals surface area contributed by atoms with Crippen molar-refractivity contribution in [3.8, 4) is 0 Å². The Morgan fingerprint density at radius 1 is 1.45 bits per heavy atom. The predicted octanol–water partition coefficient (Wildman–Crippen LogP) is -1.72. The van der Waals surface area contributed by atoms with Crippen molar-refractivity contribution in [3.63, 3.8) is 0 Å². The Balaban J connectivity index is 0. The van der Waals surface area contributed by atoms with Crippen LogP contribution in [0.1, 0.15) is 13.8 Å². The molecule has 0 spiro atoms. The van der Waals surface area contributed by atoms with Crippen LogP contribution in [0.4, 0.5) is 0 Å². The molecule has 5 N–H and O–H groups in total. The number of hydrogen-bond acceptors (Lipinski definition) is 5. The van der Waals surface area contributed by atoms with Crippen molar-refractivity contribution >= 4 is 5.97 Å². The van der Waals surface area contributed by atoms with E-state index in [-0.39, 0.29) is 0 Å². The molecule has 0 aromatic carbocycles. The highest BCUT2D eigenvalue weighted by Gasteiger charge is 2.13. The van der Waals surface area contributed by atoms with Crippen molar-refractivity contribution in [2.45, 2.75) is 19.9 Å². The lowest BCUT2D eigenvalue weighted by Gasteiger charge is -2.12. The Kier molecular flexibility index (Phi) is 7.12. The molecule has 68 valence electrons. The second kappa shape index (κ2) is 6.05. The summed E-state index contributed by atoms with van der Waals surface area (Å²) < 4.78 is 0. The topological polar surface area (TPSA) is 110 Å². The minimum Gasteiger partial charge on any atom is -0.481 e. The number of aliphatic hydroxyl groups is 3. The molecule has 0 atom stereocenters. The van der Waals surface area contributed by atoms with Crippen LogP contribution in [-0.2, 0) is 4.79 Å². The smallest absolute Gasteiger partial charge is 0.343 e. The van der Waals surface area contributed by atoms with Crippen molar-refractivity contribution in [1.29, 1.82) is 0 Å². The third kappa shape index (κ3) is 45.4. The Morgan fingerprint density at radius 2 is 1.73 bits per heavy atom. The van der Waals surface area contributed by atoms with Crippen LogP contribution in [0.5, 0.6) is 0 Å². The van der Waals surface area contributed by atoms with Gasteiger partial charge in [-0.05, 0) is 6.54 Å². The molecule has 0 amide bonds. The molecular weight excluding hydrogens is 154 g/mol. The van der Waals surface area contributed by atoms with Crippen molar-refractivity contribution < 1.29 is 25.2 Å². The SMILES string of the molecule is CC(=O)O.CCNC(O)(O)O. The van der Waals surface area contributed by atoms with Gasteiger partial charge in [-0.2, -0.15) is 0 Å². The van der Waals surface area contributed by atoms with Crippen molar-refractivity contribution in [2.24, 2.45) is 0 Å². The van der Waals surface area contributed by atoms with Gasteiger partial charge in [0.1, 0.15) is 0 Å². The highest BCUT2D eigenvalue weighted by Crippen LogP contribution is 1.80. The standard InChI is InChI=1S/C3H9NO3.C2H4O2/c1-2-4-3(5,6)7;1-2(3)4/h4-7H,2H2,1H3;1H3,(H,3,4). The summed E-state index contributed by atoms with van der Waals surface area (Å²) in [6.07, 6.45) is -2.70. The fourth-order valence-electron chi connectivity index (χ4n) is 0.237. The fourth-order valence-corrected chi connectivity index (χ4v) is 0.237. The van der Waals surface area contributed by atoms with E-state index >= 15 is 0 Å². The van der Waals surface area contributed by atoms with Gasteiger partial charge >= 0.3 is 6.10 Å². The molecule has 0 aromatic rings. The second-order valence-corrected chi connectivity index (χ2v) is 1.68. The Bertz CT molecular complexity index is 104. The molecule has 0 heterocycles. The van der Waals surface area contributed by atoms with Gasteiger partial charge in [-0.1, -0.05) is 6.92 Å². The van der Waals surface area contributed by atoms with Gasteiger partial charge in [0.05, 0.1) is 0 Å². The fraction of sp³-hybridized carbons (Fsp3) is 0.800. The predicted molar refractivity (Wildman–Crippen MR) is 36.4 cm³/mol. The summed E-state index contributed by atoms with van der Waals surface area (Å²) in [6.45, 7) is 3.03. The first-order chi connectivity index (χ1) is 4.79. The maximum Gasteiger partial charge on any atom is 0.343 e. The Morgan fingerprint density at radius 3 is 1.73 bits per heavy atom. The quantitative estimate of drug-likeness (QED) is 0.313. The van der Waals surface area contributed by atoms with Crippen molar-refractivity contribution in [1.82, 2.24) is 5.32 Å². The molecule has 0 saturated carbocycles. The van der Waals surface area contributed by atoms with Crippen LogP contribution in [0.2, 0.25) is 0 Å². The molecule has 0 aromatic heterocycles. The Labute approximate surface area is 64.1 Å². The number of rotatable bonds is 2. The van der Waals surface area contributed by atoms with E-state index in [9.17, 15) is 0 Å². The average Bonchev–Trinajstić information content (AvgIpc) is 1.58. The first kappa shape index (κ1) is 12.9. The van der Waals surface area contributed by atoms with E-state index in [1.165, 1.54) is 0 Å². The van der Waals surface area contributed by atoms with Gasteiger partial charge < -0.3 is 20.4 Å². The lowest BCUT2D eigenvalue weighted by molar-refractivity contribution is -0.330. The molecule has 0 bridgehead atoms. The molecule has 0 aliphatic rings. The molecule has 0 fully saturated rings. The van der Waals surface area contributed by atoms with E-state index in [1.807, 2.05) is 5.32 Å². The first-order valence-corrected chi connectivity index (χ1v) is 2.91. The zero-order valence-electron chi connectivity index (χ0n) is 6.40. The molecule has 0 unspecified atom stereocenters. The molecule has 0 saturated heterocycles. The average molecular weight is 167 g/mol. The van der Waals surface area contributed by atoms with Crippen molar-refractivity contribution in [3.05, 3.63) is 0 Å². The van der Waals surface area contributed by atoms with Crippen molar-refractivity contribution in [2.75, 3.05) is 6.54 Å². The van der Waals surface area contributed by atoms with Gasteiger partial charge in [0, 0.05) is 6.92 Å². The lowest BCUT2D eigenvalue weighted by atomic mass is 10.7. The molecule has 0 rings (SSSR count). The van der Waals surface area contributed by atoms with Gasteiger partial charge in [0.25, 0.3) is 5.97 Å². The number of nitrogens with one attached hydrogen (secondary N) is 1. The van der Waals surface area contributed by atoms with Crippen LogP contribution in [0.3, 0.4) is 0 Å². The molecule has 6 heteroatoms. The van der Waals surface area contributed by atoms with Gasteiger partial charge in [-0.3, -0.25) is 4.79 Å². The maximum atomic E-state index is 9.00. The zero-order valence-corrected chi connectivity index (χ0v) is 6.40. The highest BCUT2D eigenvalue weighted by atomic mass is 16.7. The minimum absolute atomic E-state index is 0.309. The van der Waals surface area contributed by atoms with Crippen LogP contribution in [-0.4, -0.2) is 39.0 Å². The van der Waals surface area contributed by atoms with Gasteiger partial charge in [0.2, 0.25) is 0 Å². The number of carboxylic acids is 1. The highest BCUT2D eigenvalue weighted by molar-refractivity contribution is 5.62. The van der Waals surface area contributed by atoms with Crippen LogP contribution >= 0.6 is 0 Å². The van der Waals surface area contributed by atoms with E-state index in [0.717, 1.165) is 6.92 Å². The van der Waals surface area contributed by atoms with Crippen LogP contribution in [0, 0.1) is 0 Å². The maximum absolute atomic E-state index is 9.00. The van der Waals surface area contributed by atoms with E-state index < -0.39 is 12.1 Å². The van der Waals surface area contributed by atoms with E-state index in [2.05, 4.69) is 0 Å². The number of carbonyl (C=O) groups is 1. The minimum atomic E-state index is -2.70. The third-order valence-corrected chi connectivity index (χ3v) is 0.414.